The Hall–Kier alpha value is -0.660. The van der Waals surface area contributed by atoms with Crippen molar-refractivity contribution in [3.63, 3.8) is 0 Å². The molecule has 96 valence electrons. The van der Waals surface area contributed by atoms with Crippen LogP contribution in [0.2, 0.25) is 0 Å². The first-order valence-corrected chi connectivity index (χ1v) is 5.48. The van der Waals surface area contributed by atoms with Crippen molar-refractivity contribution in [2.24, 2.45) is 0 Å². The van der Waals surface area contributed by atoms with E-state index in [2.05, 4.69) is 21.2 Å². The summed E-state index contributed by atoms with van der Waals surface area (Å²) in [6.45, 7) is -1.91. The molecule has 1 unspecified atom stereocenters. The van der Waals surface area contributed by atoms with Gasteiger partial charge in [-0.05, 0) is 18.2 Å². The quantitative estimate of drug-likeness (QED) is 0.837. The first-order valence-electron chi connectivity index (χ1n) is 4.69. The molecule has 0 aliphatic heterocycles. The Balaban J connectivity index is 2.82. The van der Waals surface area contributed by atoms with E-state index >= 15 is 0 Å². The highest BCUT2D eigenvalue weighted by Gasteiger charge is 2.28. The molecule has 0 saturated heterocycles. The highest BCUT2D eigenvalue weighted by molar-refractivity contribution is 9.10. The molecule has 0 spiro atoms. The molecule has 0 bridgehead atoms. The van der Waals surface area contributed by atoms with Gasteiger partial charge in [0.25, 0.3) is 0 Å². The van der Waals surface area contributed by atoms with Crippen LogP contribution in [0.5, 0.6) is 0 Å². The first-order chi connectivity index (χ1) is 7.83. The number of hydrogen-bond donors (Lipinski definition) is 2. The second-order valence-electron chi connectivity index (χ2n) is 3.40. The van der Waals surface area contributed by atoms with E-state index < -0.39 is 31.2 Å². The highest BCUT2D eigenvalue weighted by atomic mass is 79.9. The van der Waals surface area contributed by atoms with Crippen molar-refractivity contribution in [3.8, 4) is 0 Å². The molecule has 0 aliphatic carbocycles. The van der Waals surface area contributed by atoms with E-state index in [1.54, 1.807) is 0 Å². The molecular weight excluding hydrogens is 306 g/mol. The predicted octanol–water partition coefficient (Wildman–Crippen LogP) is 2.77. The maximum Gasteiger partial charge on any atom is 0.401 e. The van der Waals surface area contributed by atoms with Crippen LogP contribution in [0.15, 0.2) is 22.7 Å². The summed E-state index contributed by atoms with van der Waals surface area (Å²) in [6, 6.07) is 2.79. The fourth-order valence-electron chi connectivity index (χ4n) is 1.29. The largest absolute Gasteiger partial charge is 0.401 e. The lowest BCUT2D eigenvalue weighted by Crippen LogP contribution is -2.34. The third-order valence-electron chi connectivity index (χ3n) is 2.06. The summed E-state index contributed by atoms with van der Waals surface area (Å²) in [5.74, 6) is -0.665. The smallest absolute Gasteiger partial charge is 0.394 e. The maximum absolute atomic E-state index is 13.4. The second kappa shape index (κ2) is 5.79. The van der Waals surface area contributed by atoms with Gasteiger partial charge in [0.15, 0.2) is 0 Å². The van der Waals surface area contributed by atoms with Crippen LogP contribution >= 0.6 is 15.9 Å². The maximum atomic E-state index is 13.4. The van der Waals surface area contributed by atoms with Gasteiger partial charge < -0.3 is 5.11 Å². The van der Waals surface area contributed by atoms with Crippen molar-refractivity contribution in [3.05, 3.63) is 34.1 Å². The van der Waals surface area contributed by atoms with E-state index in [1.165, 1.54) is 12.1 Å². The van der Waals surface area contributed by atoms with Crippen LogP contribution in [0, 0.1) is 5.82 Å². The van der Waals surface area contributed by atoms with Gasteiger partial charge in [0.05, 0.1) is 19.2 Å². The Morgan fingerprint density at radius 2 is 2.00 bits per heavy atom. The highest BCUT2D eigenvalue weighted by Crippen LogP contribution is 2.23. The van der Waals surface area contributed by atoms with Crippen molar-refractivity contribution in [1.29, 1.82) is 0 Å². The lowest BCUT2D eigenvalue weighted by atomic mass is 10.1. The topological polar surface area (TPSA) is 32.3 Å². The fraction of sp³-hybridized carbons (Fsp3) is 0.400. The molecule has 0 aromatic heterocycles. The van der Waals surface area contributed by atoms with E-state index in [0.717, 1.165) is 6.07 Å². The molecule has 2 N–H and O–H groups in total. The van der Waals surface area contributed by atoms with Crippen LogP contribution in [-0.4, -0.2) is 24.4 Å². The minimum Gasteiger partial charge on any atom is -0.394 e. The first kappa shape index (κ1) is 14.4. The molecule has 7 heteroatoms. The van der Waals surface area contributed by atoms with Gasteiger partial charge in [0, 0.05) is 10.0 Å². The van der Waals surface area contributed by atoms with Gasteiger partial charge in [0.2, 0.25) is 0 Å². The summed E-state index contributed by atoms with van der Waals surface area (Å²) in [6.07, 6.45) is -4.41. The average Bonchev–Trinajstić information content (AvgIpc) is 2.22. The number of benzene rings is 1. The number of hydrogen-bond acceptors (Lipinski definition) is 2. The van der Waals surface area contributed by atoms with Crippen LogP contribution in [0.3, 0.4) is 0 Å². The molecule has 1 aromatic carbocycles. The number of halogens is 5. The molecular formula is C10H10BrF4NO. The zero-order valence-electron chi connectivity index (χ0n) is 8.56. The third-order valence-corrected chi connectivity index (χ3v) is 2.56. The summed E-state index contributed by atoms with van der Waals surface area (Å²) >= 11 is 3.09. The average molecular weight is 316 g/mol. The normalized spacial score (nSPS) is 13.8. The number of aliphatic hydroxyl groups is 1. The molecule has 1 aromatic rings. The molecule has 0 amide bonds. The molecule has 0 saturated carbocycles. The molecule has 0 aliphatic rings. The van der Waals surface area contributed by atoms with Crippen LogP contribution < -0.4 is 5.32 Å². The standard InChI is InChI=1S/C10H10BrF4NO/c11-6-1-2-8(12)7(3-6)9(4-17)16-5-10(13,14)15/h1-3,9,16-17H,4-5H2. The van der Waals surface area contributed by atoms with Gasteiger partial charge in [0.1, 0.15) is 5.82 Å². The summed E-state index contributed by atoms with van der Waals surface area (Å²) < 4.78 is 49.9. The Morgan fingerprint density at radius 1 is 1.35 bits per heavy atom. The van der Waals surface area contributed by atoms with Crippen molar-refractivity contribution >= 4 is 15.9 Å². The van der Waals surface area contributed by atoms with Gasteiger partial charge in [-0.15, -0.1) is 0 Å². The number of alkyl halides is 3. The van der Waals surface area contributed by atoms with E-state index in [1.807, 2.05) is 0 Å². The van der Waals surface area contributed by atoms with Gasteiger partial charge in [-0.25, -0.2) is 4.39 Å². The lowest BCUT2D eigenvalue weighted by molar-refractivity contribution is -0.126. The van der Waals surface area contributed by atoms with Crippen LogP contribution in [0.25, 0.3) is 0 Å². The van der Waals surface area contributed by atoms with E-state index in [9.17, 15) is 17.6 Å². The molecule has 0 fully saturated rings. The Bertz CT molecular complexity index is 383. The minimum absolute atomic E-state index is 0.00822. The van der Waals surface area contributed by atoms with Gasteiger partial charge in [-0.3, -0.25) is 5.32 Å². The van der Waals surface area contributed by atoms with Crippen LogP contribution in [-0.2, 0) is 0 Å². The Labute approximate surface area is 104 Å². The molecule has 0 heterocycles. The van der Waals surface area contributed by atoms with Crippen molar-refractivity contribution in [2.45, 2.75) is 12.2 Å². The fourth-order valence-corrected chi connectivity index (χ4v) is 1.67. The molecule has 17 heavy (non-hydrogen) atoms. The molecule has 0 radical (unpaired) electrons. The summed E-state index contributed by atoms with van der Waals surface area (Å²) in [4.78, 5) is 0. The molecule has 2 nitrogen and oxygen atoms in total. The summed E-state index contributed by atoms with van der Waals surface area (Å²) in [5.41, 5.74) is -0.00822. The zero-order valence-corrected chi connectivity index (χ0v) is 10.1. The minimum atomic E-state index is -4.41. The van der Waals surface area contributed by atoms with Crippen molar-refractivity contribution in [2.75, 3.05) is 13.2 Å². The molecule has 1 rings (SSSR count). The Kier molecular flexibility index (Phi) is 4.91. The van der Waals surface area contributed by atoms with Crippen LogP contribution in [0.1, 0.15) is 11.6 Å². The third kappa shape index (κ3) is 4.61. The lowest BCUT2D eigenvalue weighted by Gasteiger charge is -2.18. The van der Waals surface area contributed by atoms with Gasteiger partial charge in [-0.2, -0.15) is 13.2 Å². The number of nitrogens with one attached hydrogen (secondary N) is 1. The van der Waals surface area contributed by atoms with E-state index in [-0.39, 0.29) is 5.56 Å². The van der Waals surface area contributed by atoms with E-state index in [0.29, 0.717) is 4.47 Å². The van der Waals surface area contributed by atoms with Crippen molar-refractivity contribution in [1.82, 2.24) is 5.32 Å². The predicted molar refractivity (Wildman–Crippen MR) is 58.0 cm³/mol. The number of rotatable bonds is 4. The Morgan fingerprint density at radius 3 is 2.53 bits per heavy atom. The van der Waals surface area contributed by atoms with Crippen LogP contribution in [0.4, 0.5) is 17.6 Å². The van der Waals surface area contributed by atoms with E-state index in [4.69, 9.17) is 5.11 Å². The zero-order chi connectivity index (χ0) is 13.1. The molecule has 1 atom stereocenters. The van der Waals surface area contributed by atoms with Gasteiger partial charge in [-0.1, -0.05) is 15.9 Å². The summed E-state index contributed by atoms with van der Waals surface area (Å²) in [5, 5.41) is 11.0. The second-order valence-corrected chi connectivity index (χ2v) is 4.31. The SMILES string of the molecule is OCC(NCC(F)(F)F)c1cc(Br)ccc1F. The monoisotopic (exact) mass is 315 g/mol. The van der Waals surface area contributed by atoms with Crippen molar-refractivity contribution < 1.29 is 22.7 Å². The van der Waals surface area contributed by atoms with Gasteiger partial charge >= 0.3 is 6.18 Å². The number of aliphatic hydroxyl groups excluding tert-OH is 1. The summed E-state index contributed by atoms with van der Waals surface area (Å²) in [7, 11) is 0.